The molecule has 1 aromatic rings. The van der Waals surface area contributed by atoms with Gasteiger partial charge in [-0.2, -0.15) is 0 Å². The van der Waals surface area contributed by atoms with Gasteiger partial charge in [0.2, 0.25) is 0 Å². The van der Waals surface area contributed by atoms with E-state index >= 15 is 0 Å². The van der Waals surface area contributed by atoms with Crippen LogP contribution in [0.3, 0.4) is 0 Å². The molecule has 58 valence electrons. The average Bonchev–Trinajstić information content (AvgIpc) is 2.63. The summed E-state index contributed by atoms with van der Waals surface area (Å²) in [5.74, 6) is 0. The maximum absolute atomic E-state index is 4.36. The number of imidazole rings is 1. The van der Waals surface area contributed by atoms with Gasteiger partial charge in [-0.1, -0.05) is 0 Å². The third kappa shape index (κ3) is 0.744. The number of hydrogen-bond acceptors (Lipinski definition) is 2. The van der Waals surface area contributed by atoms with E-state index in [2.05, 4.69) is 14.9 Å². The highest BCUT2D eigenvalue weighted by Crippen LogP contribution is 2.36. The lowest BCUT2D eigenvalue weighted by molar-refractivity contribution is 0.660. The zero-order chi connectivity index (χ0) is 7.26. The molecule has 1 fully saturated rings. The van der Waals surface area contributed by atoms with Crippen molar-refractivity contribution < 1.29 is 0 Å². The quantitative estimate of drug-likeness (QED) is 0.640. The summed E-state index contributed by atoms with van der Waals surface area (Å²) in [5, 5.41) is 3.31. The Labute approximate surface area is 65.4 Å². The van der Waals surface area contributed by atoms with E-state index in [0.717, 1.165) is 19.1 Å². The molecule has 0 amide bonds. The number of aromatic nitrogens is 2. The van der Waals surface area contributed by atoms with E-state index in [1.807, 2.05) is 6.33 Å². The van der Waals surface area contributed by atoms with Crippen LogP contribution >= 0.6 is 0 Å². The minimum absolute atomic E-state index is 0.783. The van der Waals surface area contributed by atoms with Gasteiger partial charge in [0.25, 0.3) is 0 Å². The standard InChI is InChI=1S/C8H11N3/c1-2-6(1)11-5-10-7-3-9-4-8(7)11/h5-6,9H,1-4H2. The van der Waals surface area contributed by atoms with Gasteiger partial charge in [-0.15, -0.1) is 0 Å². The number of nitrogens with zero attached hydrogens (tertiary/aromatic N) is 2. The first kappa shape index (κ1) is 5.77. The summed E-state index contributed by atoms with van der Waals surface area (Å²) in [6.45, 7) is 1.99. The molecule has 1 saturated carbocycles. The molecule has 0 spiro atoms. The van der Waals surface area contributed by atoms with Crippen molar-refractivity contribution in [2.75, 3.05) is 0 Å². The highest BCUT2D eigenvalue weighted by molar-refractivity contribution is 5.19. The zero-order valence-corrected chi connectivity index (χ0v) is 6.38. The normalized spacial score (nSPS) is 22.2. The molecule has 2 aliphatic rings. The predicted octanol–water partition coefficient (Wildman–Crippen LogP) is 0.821. The second-order valence-corrected chi connectivity index (χ2v) is 3.38. The Hall–Kier alpha value is -0.830. The SMILES string of the molecule is c1nc2c(n1C1CC1)CNC2. The molecular weight excluding hydrogens is 138 g/mol. The Morgan fingerprint density at radius 3 is 3.18 bits per heavy atom. The van der Waals surface area contributed by atoms with Gasteiger partial charge in [-0.05, 0) is 12.8 Å². The first-order chi connectivity index (χ1) is 5.45. The fourth-order valence-corrected chi connectivity index (χ4v) is 1.73. The van der Waals surface area contributed by atoms with Crippen LogP contribution in [0.15, 0.2) is 6.33 Å². The highest BCUT2D eigenvalue weighted by atomic mass is 15.2. The van der Waals surface area contributed by atoms with Crippen molar-refractivity contribution in [2.45, 2.75) is 32.0 Å². The molecule has 0 aromatic carbocycles. The fraction of sp³-hybridized carbons (Fsp3) is 0.625. The van der Waals surface area contributed by atoms with E-state index in [0.29, 0.717) is 0 Å². The third-order valence-corrected chi connectivity index (χ3v) is 2.51. The Morgan fingerprint density at radius 2 is 2.36 bits per heavy atom. The van der Waals surface area contributed by atoms with Gasteiger partial charge in [0.15, 0.2) is 0 Å². The lowest BCUT2D eigenvalue weighted by Crippen LogP contribution is -2.05. The van der Waals surface area contributed by atoms with Crippen molar-refractivity contribution in [1.82, 2.24) is 14.9 Å². The summed E-state index contributed by atoms with van der Waals surface area (Å²) in [5.41, 5.74) is 2.68. The molecule has 1 aliphatic heterocycles. The molecule has 1 N–H and O–H groups in total. The third-order valence-electron chi connectivity index (χ3n) is 2.51. The van der Waals surface area contributed by atoms with Gasteiger partial charge in [0.05, 0.1) is 17.7 Å². The summed E-state index contributed by atoms with van der Waals surface area (Å²) in [6, 6.07) is 0.783. The van der Waals surface area contributed by atoms with E-state index in [1.165, 1.54) is 24.2 Å². The molecule has 1 aromatic heterocycles. The van der Waals surface area contributed by atoms with E-state index < -0.39 is 0 Å². The van der Waals surface area contributed by atoms with Crippen LogP contribution in [-0.4, -0.2) is 9.55 Å². The molecular formula is C8H11N3. The van der Waals surface area contributed by atoms with E-state index in [1.54, 1.807) is 0 Å². The maximum Gasteiger partial charge on any atom is 0.0955 e. The van der Waals surface area contributed by atoms with Gasteiger partial charge in [0, 0.05) is 19.1 Å². The monoisotopic (exact) mass is 149 g/mol. The van der Waals surface area contributed by atoms with Gasteiger partial charge >= 0.3 is 0 Å². The molecule has 11 heavy (non-hydrogen) atoms. The lowest BCUT2D eigenvalue weighted by Gasteiger charge is -2.01. The van der Waals surface area contributed by atoms with Crippen molar-refractivity contribution >= 4 is 0 Å². The first-order valence-electron chi connectivity index (χ1n) is 4.20. The molecule has 0 saturated heterocycles. The number of hydrogen-bond donors (Lipinski definition) is 1. The van der Waals surface area contributed by atoms with Crippen LogP contribution in [0.4, 0.5) is 0 Å². The minimum atomic E-state index is 0.783. The summed E-state index contributed by atoms with van der Waals surface area (Å²) in [7, 11) is 0. The number of nitrogens with one attached hydrogen (secondary N) is 1. The summed E-state index contributed by atoms with van der Waals surface area (Å²) >= 11 is 0. The van der Waals surface area contributed by atoms with Crippen LogP contribution in [0.2, 0.25) is 0 Å². The molecule has 0 atom stereocenters. The number of rotatable bonds is 1. The average molecular weight is 149 g/mol. The van der Waals surface area contributed by atoms with Crippen molar-refractivity contribution in [3.8, 4) is 0 Å². The summed E-state index contributed by atoms with van der Waals surface area (Å²) < 4.78 is 2.34. The van der Waals surface area contributed by atoms with Crippen molar-refractivity contribution in [2.24, 2.45) is 0 Å². The largest absolute Gasteiger partial charge is 0.330 e. The van der Waals surface area contributed by atoms with Crippen LogP contribution in [0.25, 0.3) is 0 Å². The topological polar surface area (TPSA) is 29.9 Å². The van der Waals surface area contributed by atoms with Gasteiger partial charge in [-0.25, -0.2) is 4.98 Å². The van der Waals surface area contributed by atoms with Gasteiger partial charge < -0.3 is 9.88 Å². The Bertz CT molecular complexity index is 286. The molecule has 0 radical (unpaired) electrons. The van der Waals surface area contributed by atoms with Crippen molar-refractivity contribution in [1.29, 1.82) is 0 Å². The Kier molecular flexibility index (Phi) is 0.973. The summed E-state index contributed by atoms with van der Waals surface area (Å²) in [6.07, 6.45) is 4.70. The molecule has 3 nitrogen and oxygen atoms in total. The summed E-state index contributed by atoms with van der Waals surface area (Å²) in [4.78, 5) is 4.36. The van der Waals surface area contributed by atoms with Crippen molar-refractivity contribution in [3.05, 3.63) is 17.7 Å². The van der Waals surface area contributed by atoms with Gasteiger partial charge in [-0.3, -0.25) is 0 Å². The maximum atomic E-state index is 4.36. The second kappa shape index (κ2) is 1.85. The van der Waals surface area contributed by atoms with E-state index in [-0.39, 0.29) is 0 Å². The minimum Gasteiger partial charge on any atom is -0.330 e. The molecule has 0 bridgehead atoms. The Morgan fingerprint density at radius 1 is 1.45 bits per heavy atom. The van der Waals surface area contributed by atoms with Crippen molar-refractivity contribution in [3.63, 3.8) is 0 Å². The predicted molar refractivity (Wildman–Crippen MR) is 41.0 cm³/mol. The first-order valence-corrected chi connectivity index (χ1v) is 4.20. The molecule has 2 heterocycles. The number of fused-ring (bicyclic) bond motifs is 1. The van der Waals surface area contributed by atoms with Gasteiger partial charge in [0.1, 0.15) is 0 Å². The second-order valence-electron chi connectivity index (χ2n) is 3.38. The van der Waals surface area contributed by atoms with Crippen LogP contribution in [0.5, 0.6) is 0 Å². The van der Waals surface area contributed by atoms with E-state index in [9.17, 15) is 0 Å². The van der Waals surface area contributed by atoms with Crippen LogP contribution < -0.4 is 5.32 Å². The zero-order valence-electron chi connectivity index (χ0n) is 6.38. The lowest BCUT2D eigenvalue weighted by atomic mass is 10.4. The Balaban J connectivity index is 2.09. The van der Waals surface area contributed by atoms with Crippen LogP contribution in [0, 0.1) is 0 Å². The van der Waals surface area contributed by atoms with Crippen LogP contribution in [-0.2, 0) is 13.1 Å². The van der Waals surface area contributed by atoms with Crippen LogP contribution in [0.1, 0.15) is 30.3 Å². The molecule has 1 aliphatic carbocycles. The molecule has 0 unspecified atom stereocenters. The smallest absolute Gasteiger partial charge is 0.0955 e. The fourth-order valence-electron chi connectivity index (χ4n) is 1.73. The molecule has 3 rings (SSSR count). The highest BCUT2D eigenvalue weighted by Gasteiger charge is 2.28. The van der Waals surface area contributed by atoms with E-state index in [4.69, 9.17) is 0 Å². The molecule has 3 heteroatoms.